The van der Waals surface area contributed by atoms with Gasteiger partial charge in [-0.1, -0.05) is 54.2 Å². The average molecular weight is 593 g/mol. The van der Waals surface area contributed by atoms with Crippen LogP contribution in [0.15, 0.2) is 70.2 Å². The van der Waals surface area contributed by atoms with Crippen LogP contribution in [0.25, 0.3) is 5.70 Å². The van der Waals surface area contributed by atoms with Gasteiger partial charge in [0, 0.05) is 43.0 Å². The predicted molar refractivity (Wildman–Crippen MR) is 162 cm³/mol. The first-order valence-corrected chi connectivity index (χ1v) is 14.9. The van der Waals surface area contributed by atoms with E-state index in [9.17, 15) is 9.59 Å². The summed E-state index contributed by atoms with van der Waals surface area (Å²) in [7, 11) is 3.15. The number of rotatable bonds is 11. The highest BCUT2D eigenvalue weighted by molar-refractivity contribution is 8.16. The summed E-state index contributed by atoms with van der Waals surface area (Å²) >= 11 is 1.42. The Morgan fingerprint density at radius 1 is 1.07 bits per heavy atom. The lowest BCUT2D eigenvalue weighted by Gasteiger charge is -2.37. The van der Waals surface area contributed by atoms with E-state index in [2.05, 4.69) is 10.2 Å². The second kappa shape index (κ2) is 13.9. The molecular formula is C31H36N4O6S. The van der Waals surface area contributed by atoms with Gasteiger partial charge in [0.2, 0.25) is 5.91 Å². The number of amidine groups is 1. The van der Waals surface area contributed by atoms with Crippen LogP contribution >= 0.6 is 11.8 Å². The van der Waals surface area contributed by atoms with Gasteiger partial charge in [0.1, 0.15) is 0 Å². The van der Waals surface area contributed by atoms with E-state index < -0.39 is 12.0 Å². The molecule has 0 saturated carbocycles. The highest BCUT2D eigenvalue weighted by Crippen LogP contribution is 2.50. The number of para-hydroxylation sites is 1. The fraction of sp³-hybridized carbons (Fsp3) is 0.387. The van der Waals surface area contributed by atoms with E-state index in [4.69, 9.17) is 23.9 Å². The molecular weight excluding hydrogens is 556 g/mol. The second-order valence-corrected chi connectivity index (χ2v) is 10.6. The third kappa shape index (κ3) is 6.33. The van der Waals surface area contributed by atoms with Crippen molar-refractivity contribution >= 4 is 34.5 Å². The highest BCUT2D eigenvalue weighted by atomic mass is 32.2. The molecule has 1 saturated heterocycles. The standard InChI is InChI=1S/C31H36N4O6S/c1-4-41-30(37)26-27(21-9-6-5-7-10-21)33-31-35(28(26)23-11-8-12-24(38-2)29(23)39-3)22(20-42-31)19-25(36)32-13-14-34-15-17-40-18-16-34/h5-12,20,28H,4,13-19H2,1-3H3,(H,32,36)/t28-/m0/s1. The molecule has 0 aliphatic carbocycles. The first-order chi connectivity index (χ1) is 20.5. The molecule has 2 aromatic rings. The van der Waals surface area contributed by atoms with Gasteiger partial charge in [-0.25, -0.2) is 9.79 Å². The number of hydrogen-bond donors (Lipinski definition) is 1. The largest absolute Gasteiger partial charge is 0.493 e. The number of fused-ring (bicyclic) bond motifs is 1. The van der Waals surface area contributed by atoms with Crippen LogP contribution in [0.2, 0.25) is 0 Å². The fourth-order valence-corrected chi connectivity index (χ4v) is 6.23. The minimum absolute atomic E-state index is 0.108. The van der Waals surface area contributed by atoms with Crippen molar-refractivity contribution in [2.75, 3.05) is 60.2 Å². The normalized spacial score (nSPS) is 18.6. The Balaban J connectivity index is 1.52. The Kier molecular flexibility index (Phi) is 9.83. The van der Waals surface area contributed by atoms with E-state index in [1.165, 1.54) is 11.8 Å². The smallest absolute Gasteiger partial charge is 0.338 e. The molecule has 0 aromatic heterocycles. The number of thioether (sulfide) groups is 1. The molecule has 2 aromatic carbocycles. The molecule has 0 bridgehead atoms. The van der Waals surface area contributed by atoms with Gasteiger partial charge in [-0.3, -0.25) is 9.69 Å². The van der Waals surface area contributed by atoms with Gasteiger partial charge in [0.15, 0.2) is 16.7 Å². The molecule has 1 fully saturated rings. The summed E-state index contributed by atoms with van der Waals surface area (Å²) in [6.07, 6.45) is 0.120. The number of benzene rings is 2. The fourth-order valence-electron chi connectivity index (χ4n) is 5.32. The van der Waals surface area contributed by atoms with Crippen molar-refractivity contribution in [3.63, 3.8) is 0 Å². The van der Waals surface area contributed by atoms with E-state index in [0.29, 0.717) is 53.3 Å². The second-order valence-electron chi connectivity index (χ2n) is 9.81. The molecule has 1 amide bonds. The van der Waals surface area contributed by atoms with Crippen molar-refractivity contribution in [2.24, 2.45) is 4.99 Å². The average Bonchev–Trinajstić information content (AvgIpc) is 3.42. The van der Waals surface area contributed by atoms with Gasteiger partial charge in [0.25, 0.3) is 0 Å². The molecule has 42 heavy (non-hydrogen) atoms. The Labute approximate surface area is 250 Å². The van der Waals surface area contributed by atoms with Crippen LogP contribution in [0.4, 0.5) is 0 Å². The Morgan fingerprint density at radius 2 is 1.86 bits per heavy atom. The Bertz CT molecular complexity index is 1390. The summed E-state index contributed by atoms with van der Waals surface area (Å²) in [5.74, 6) is 0.428. The SMILES string of the molecule is CCOC(=O)C1=C(c2ccccc2)N=C2SC=C(CC(=O)NCCN3CCOCC3)N2[C@H]1c1cccc(OC)c1OC. The molecule has 5 rings (SSSR count). The van der Waals surface area contributed by atoms with Gasteiger partial charge in [-0.15, -0.1) is 0 Å². The van der Waals surface area contributed by atoms with Gasteiger partial charge in [-0.2, -0.15) is 0 Å². The van der Waals surface area contributed by atoms with Crippen LogP contribution in [-0.2, 0) is 19.1 Å². The third-order valence-electron chi connectivity index (χ3n) is 7.28. The number of hydrogen-bond acceptors (Lipinski definition) is 10. The van der Waals surface area contributed by atoms with Crippen molar-refractivity contribution in [3.05, 3.63) is 76.3 Å². The number of amides is 1. The van der Waals surface area contributed by atoms with Crippen molar-refractivity contribution in [2.45, 2.75) is 19.4 Å². The number of esters is 1. The Morgan fingerprint density at radius 3 is 2.57 bits per heavy atom. The van der Waals surface area contributed by atoms with Crippen LogP contribution in [0.3, 0.4) is 0 Å². The summed E-state index contributed by atoms with van der Waals surface area (Å²) in [5, 5.41) is 5.64. The maximum Gasteiger partial charge on any atom is 0.338 e. The predicted octanol–water partition coefficient (Wildman–Crippen LogP) is 3.82. The number of aliphatic imine (C=N–C) groups is 1. The monoisotopic (exact) mass is 592 g/mol. The molecule has 1 N–H and O–H groups in total. The molecule has 0 unspecified atom stereocenters. The number of nitrogens with one attached hydrogen (secondary N) is 1. The number of carbonyl (C=O) groups excluding carboxylic acids is 2. The molecule has 222 valence electrons. The molecule has 1 atom stereocenters. The zero-order valence-electron chi connectivity index (χ0n) is 24.1. The van der Waals surface area contributed by atoms with Gasteiger partial charge < -0.3 is 29.2 Å². The zero-order chi connectivity index (χ0) is 29.5. The number of nitrogens with zero attached hydrogens (tertiary/aromatic N) is 3. The summed E-state index contributed by atoms with van der Waals surface area (Å²) in [6, 6.07) is 14.5. The molecule has 0 radical (unpaired) electrons. The molecule has 3 aliphatic heterocycles. The summed E-state index contributed by atoms with van der Waals surface area (Å²) in [6.45, 7) is 6.43. The number of ether oxygens (including phenoxy) is 4. The first kappa shape index (κ1) is 29.7. The zero-order valence-corrected chi connectivity index (χ0v) is 24.9. The van der Waals surface area contributed by atoms with Crippen molar-refractivity contribution in [3.8, 4) is 11.5 Å². The molecule has 0 spiro atoms. The van der Waals surface area contributed by atoms with Gasteiger partial charge in [-0.05, 0) is 18.4 Å². The number of carbonyl (C=O) groups is 2. The van der Waals surface area contributed by atoms with E-state index in [1.54, 1.807) is 21.1 Å². The topological polar surface area (TPSA) is 102 Å². The van der Waals surface area contributed by atoms with Crippen LogP contribution in [0.1, 0.15) is 30.5 Å². The van der Waals surface area contributed by atoms with E-state index in [0.717, 1.165) is 30.9 Å². The maximum atomic E-state index is 13.8. The minimum atomic E-state index is -0.681. The summed E-state index contributed by atoms with van der Waals surface area (Å²) in [4.78, 5) is 36.1. The molecule has 10 nitrogen and oxygen atoms in total. The van der Waals surface area contributed by atoms with Crippen LogP contribution in [0, 0.1) is 0 Å². The van der Waals surface area contributed by atoms with Crippen molar-refractivity contribution < 1.29 is 28.5 Å². The number of morpholine rings is 1. The van der Waals surface area contributed by atoms with Crippen molar-refractivity contribution in [1.82, 2.24) is 15.1 Å². The molecule has 3 aliphatic rings. The summed E-state index contributed by atoms with van der Waals surface area (Å²) < 4.78 is 22.5. The first-order valence-electron chi connectivity index (χ1n) is 14.0. The lowest BCUT2D eigenvalue weighted by atomic mass is 9.90. The van der Waals surface area contributed by atoms with Crippen LogP contribution < -0.4 is 14.8 Å². The van der Waals surface area contributed by atoms with E-state index >= 15 is 0 Å². The highest BCUT2D eigenvalue weighted by Gasteiger charge is 2.43. The summed E-state index contributed by atoms with van der Waals surface area (Å²) in [5.41, 5.74) is 3.09. The molecule has 3 heterocycles. The van der Waals surface area contributed by atoms with E-state index in [1.807, 2.05) is 58.8 Å². The van der Waals surface area contributed by atoms with Crippen LogP contribution in [-0.4, -0.2) is 87.1 Å². The Hall–Kier alpha value is -3.80. The van der Waals surface area contributed by atoms with Crippen LogP contribution in [0.5, 0.6) is 11.5 Å². The van der Waals surface area contributed by atoms with Gasteiger partial charge >= 0.3 is 5.97 Å². The van der Waals surface area contributed by atoms with Gasteiger partial charge in [0.05, 0.1) is 57.8 Å². The van der Waals surface area contributed by atoms with Crippen molar-refractivity contribution in [1.29, 1.82) is 0 Å². The quantitative estimate of drug-likeness (QED) is 0.390. The molecule has 11 heteroatoms. The number of methoxy groups -OCH3 is 2. The lowest BCUT2D eigenvalue weighted by molar-refractivity contribution is -0.139. The lowest BCUT2D eigenvalue weighted by Crippen LogP contribution is -2.42. The maximum absolute atomic E-state index is 13.8. The third-order valence-corrected chi connectivity index (χ3v) is 8.16. The minimum Gasteiger partial charge on any atom is -0.493 e. The van der Waals surface area contributed by atoms with E-state index in [-0.39, 0.29) is 18.9 Å².